The van der Waals surface area contributed by atoms with Gasteiger partial charge in [0.25, 0.3) is 0 Å². The molecular weight excluding hydrogens is 200 g/mol. The largest absolute Gasteiger partial charge is 0.489 e. The molecule has 14 heavy (non-hydrogen) atoms. The van der Waals surface area contributed by atoms with Crippen molar-refractivity contribution < 1.29 is 9.47 Å². The van der Waals surface area contributed by atoms with Crippen LogP contribution in [0.1, 0.15) is 12.5 Å². The van der Waals surface area contributed by atoms with Gasteiger partial charge in [-0.15, -0.1) is 0 Å². The first-order chi connectivity index (χ1) is 6.79. The first-order valence-corrected chi connectivity index (χ1v) is 5.06. The molecule has 0 fully saturated rings. The van der Waals surface area contributed by atoms with Gasteiger partial charge in [-0.2, -0.15) is 0 Å². The van der Waals surface area contributed by atoms with E-state index in [1.165, 1.54) is 0 Å². The van der Waals surface area contributed by atoms with Crippen molar-refractivity contribution in [2.24, 2.45) is 0 Å². The molecular formula is C11H15ClO2. The second-order valence-electron chi connectivity index (χ2n) is 2.92. The number of aryl methyl sites for hydroxylation is 1. The number of methoxy groups -OCH3 is 1. The lowest BCUT2D eigenvalue weighted by Gasteiger charge is -2.11. The summed E-state index contributed by atoms with van der Waals surface area (Å²) in [6.45, 7) is 3.19. The Hall–Kier alpha value is -0.730. The highest BCUT2D eigenvalue weighted by Crippen LogP contribution is 2.28. The van der Waals surface area contributed by atoms with Gasteiger partial charge in [-0.3, -0.25) is 0 Å². The first kappa shape index (κ1) is 11.3. The third-order valence-electron chi connectivity index (χ3n) is 1.96. The topological polar surface area (TPSA) is 18.5 Å². The number of rotatable bonds is 5. The summed E-state index contributed by atoms with van der Waals surface area (Å²) in [5, 5.41) is 0.667. The summed E-state index contributed by atoms with van der Waals surface area (Å²) in [6, 6.07) is 5.79. The van der Waals surface area contributed by atoms with Crippen LogP contribution in [0.5, 0.6) is 5.75 Å². The fourth-order valence-corrected chi connectivity index (χ4v) is 1.47. The summed E-state index contributed by atoms with van der Waals surface area (Å²) in [5.41, 5.74) is 1.13. The van der Waals surface area contributed by atoms with E-state index in [9.17, 15) is 0 Å². The molecule has 0 bridgehead atoms. The fourth-order valence-electron chi connectivity index (χ4n) is 1.22. The Labute approximate surface area is 89.8 Å². The van der Waals surface area contributed by atoms with Crippen molar-refractivity contribution >= 4 is 11.6 Å². The third kappa shape index (κ3) is 2.89. The molecule has 0 aliphatic rings. The van der Waals surface area contributed by atoms with Crippen LogP contribution in [-0.2, 0) is 11.2 Å². The van der Waals surface area contributed by atoms with E-state index in [2.05, 4.69) is 6.92 Å². The van der Waals surface area contributed by atoms with Gasteiger partial charge in [-0.25, -0.2) is 0 Å². The molecule has 0 atom stereocenters. The minimum Gasteiger partial charge on any atom is -0.489 e. The van der Waals surface area contributed by atoms with Crippen molar-refractivity contribution in [2.75, 3.05) is 20.3 Å². The van der Waals surface area contributed by atoms with Crippen LogP contribution in [-0.4, -0.2) is 20.3 Å². The minimum atomic E-state index is 0.535. The van der Waals surface area contributed by atoms with Crippen LogP contribution in [0.2, 0.25) is 5.02 Å². The maximum Gasteiger partial charge on any atom is 0.141 e. The molecule has 0 aliphatic heterocycles. The second kappa shape index (κ2) is 5.89. The molecule has 78 valence electrons. The lowest BCUT2D eigenvalue weighted by Crippen LogP contribution is -2.06. The van der Waals surface area contributed by atoms with Crippen LogP contribution in [0.25, 0.3) is 0 Å². The zero-order chi connectivity index (χ0) is 10.4. The van der Waals surface area contributed by atoms with Gasteiger partial charge in [0, 0.05) is 7.11 Å². The van der Waals surface area contributed by atoms with E-state index in [1.807, 2.05) is 18.2 Å². The summed E-state index contributed by atoms with van der Waals surface area (Å²) < 4.78 is 10.5. The predicted molar refractivity (Wildman–Crippen MR) is 58.2 cm³/mol. The number of halogens is 1. The Morgan fingerprint density at radius 3 is 2.71 bits per heavy atom. The van der Waals surface area contributed by atoms with Crippen LogP contribution in [0.15, 0.2) is 18.2 Å². The molecule has 2 nitrogen and oxygen atoms in total. The molecule has 1 aromatic carbocycles. The smallest absolute Gasteiger partial charge is 0.141 e. The van der Waals surface area contributed by atoms with Crippen LogP contribution in [0.3, 0.4) is 0 Å². The van der Waals surface area contributed by atoms with Gasteiger partial charge in [0.05, 0.1) is 11.6 Å². The Morgan fingerprint density at radius 1 is 1.29 bits per heavy atom. The van der Waals surface area contributed by atoms with Crippen molar-refractivity contribution in [3.05, 3.63) is 28.8 Å². The third-order valence-corrected chi connectivity index (χ3v) is 2.26. The molecule has 0 N–H and O–H groups in total. The maximum atomic E-state index is 6.02. The van der Waals surface area contributed by atoms with Gasteiger partial charge in [0.2, 0.25) is 0 Å². The standard InChI is InChI=1S/C11H15ClO2/c1-3-9-5-4-6-10(12)11(9)14-8-7-13-2/h4-6H,3,7-8H2,1-2H3. The van der Waals surface area contributed by atoms with Crippen LogP contribution >= 0.6 is 11.6 Å². The average Bonchev–Trinajstić information content (AvgIpc) is 2.20. The van der Waals surface area contributed by atoms with Crippen molar-refractivity contribution in [3.63, 3.8) is 0 Å². The monoisotopic (exact) mass is 214 g/mol. The molecule has 0 saturated heterocycles. The Balaban J connectivity index is 2.72. The summed E-state index contributed by atoms with van der Waals surface area (Å²) in [5.74, 6) is 0.786. The zero-order valence-corrected chi connectivity index (χ0v) is 9.30. The lowest BCUT2D eigenvalue weighted by molar-refractivity contribution is 0.146. The lowest BCUT2D eigenvalue weighted by atomic mass is 10.1. The van der Waals surface area contributed by atoms with Crippen molar-refractivity contribution in [3.8, 4) is 5.75 Å². The van der Waals surface area contributed by atoms with E-state index < -0.39 is 0 Å². The van der Waals surface area contributed by atoms with Crippen molar-refractivity contribution in [2.45, 2.75) is 13.3 Å². The molecule has 0 saturated carbocycles. The average molecular weight is 215 g/mol. The zero-order valence-electron chi connectivity index (χ0n) is 8.55. The number of hydrogen-bond donors (Lipinski definition) is 0. The number of hydrogen-bond acceptors (Lipinski definition) is 2. The Kier molecular flexibility index (Phi) is 4.77. The number of benzene rings is 1. The number of para-hydroxylation sites is 1. The molecule has 1 rings (SSSR count). The Bertz CT molecular complexity index is 287. The van der Waals surface area contributed by atoms with E-state index >= 15 is 0 Å². The van der Waals surface area contributed by atoms with E-state index in [1.54, 1.807) is 7.11 Å². The second-order valence-corrected chi connectivity index (χ2v) is 3.33. The van der Waals surface area contributed by atoms with E-state index in [0.29, 0.717) is 18.2 Å². The van der Waals surface area contributed by atoms with E-state index in [-0.39, 0.29) is 0 Å². The summed E-state index contributed by atoms with van der Waals surface area (Å²) in [6.07, 6.45) is 0.920. The highest BCUT2D eigenvalue weighted by Gasteiger charge is 2.05. The van der Waals surface area contributed by atoms with Gasteiger partial charge >= 0.3 is 0 Å². The molecule has 0 aromatic heterocycles. The summed E-state index contributed by atoms with van der Waals surface area (Å²) in [7, 11) is 1.65. The first-order valence-electron chi connectivity index (χ1n) is 4.68. The van der Waals surface area contributed by atoms with Crippen LogP contribution in [0.4, 0.5) is 0 Å². The molecule has 3 heteroatoms. The summed E-state index contributed by atoms with van der Waals surface area (Å²) in [4.78, 5) is 0. The SMILES string of the molecule is CCc1cccc(Cl)c1OCCOC. The maximum absolute atomic E-state index is 6.02. The van der Waals surface area contributed by atoms with E-state index in [4.69, 9.17) is 21.1 Å². The highest BCUT2D eigenvalue weighted by atomic mass is 35.5. The van der Waals surface area contributed by atoms with Gasteiger partial charge in [-0.05, 0) is 18.1 Å². The molecule has 1 aromatic rings. The van der Waals surface area contributed by atoms with Gasteiger partial charge in [0.1, 0.15) is 12.4 Å². The number of ether oxygens (including phenoxy) is 2. The molecule has 0 amide bonds. The minimum absolute atomic E-state index is 0.535. The van der Waals surface area contributed by atoms with E-state index in [0.717, 1.165) is 17.7 Å². The van der Waals surface area contributed by atoms with Gasteiger partial charge in [0.15, 0.2) is 0 Å². The highest BCUT2D eigenvalue weighted by molar-refractivity contribution is 6.32. The van der Waals surface area contributed by atoms with Gasteiger partial charge < -0.3 is 9.47 Å². The predicted octanol–water partition coefficient (Wildman–Crippen LogP) is 2.93. The van der Waals surface area contributed by atoms with Crippen LogP contribution in [0, 0.1) is 0 Å². The molecule has 0 radical (unpaired) electrons. The molecule has 0 heterocycles. The normalized spacial score (nSPS) is 10.2. The van der Waals surface area contributed by atoms with Crippen LogP contribution < -0.4 is 4.74 Å². The Morgan fingerprint density at radius 2 is 2.07 bits per heavy atom. The molecule has 0 unspecified atom stereocenters. The van der Waals surface area contributed by atoms with Crippen molar-refractivity contribution in [1.82, 2.24) is 0 Å². The molecule has 0 aliphatic carbocycles. The van der Waals surface area contributed by atoms with Crippen molar-refractivity contribution in [1.29, 1.82) is 0 Å². The summed E-state index contributed by atoms with van der Waals surface area (Å²) >= 11 is 6.02. The fraction of sp³-hybridized carbons (Fsp3) is 0.455. The molecule has 0 spiro atoms. The van der Waals surface area contributed by atoms with Gasteiger partial charge in [-0.1, -0.05) is 30.7 Å². The quantitative estimate of drug-likeness (QED) is 0.702.